The van der Waals surface area contributed by atoms with Gasteiger partial charge in [0.25, 0.3) is 0 Å². The van der Waals surface area contributed by atoms with E-state index in [1.165, 1.54) is 63.3 Å². The van der Waals surface area contributed by atoms with Crippen molar-refractivity contribution in [1.29, 1.82) is 0 Å². The van der Waals surface area contributed by atoms with Gasteiger partial charge >= 0.3 is 0 Å². The van der Waals surface area contributed by atoms with Crippen LogP contribution in [0.1, 0.15) is 70.8 Å². The van der Waals surface area contributed by atoms with E-state index in [1.807, 2.05) is 0 Å². The van der Waals surface area contributed by atoms with Gasteiger partial charge in [-0.25, -0.2) is 4.98 Å². The lowest BCUT2D eigenvalue weighted by molar-refractivity contribution is 0.154. The van der Waals surface area contributed by atoms with Crippen LogP contribution < -0.4 is 0 Å². The summed E-state index contributed by atoms with van der Waals surface area (Å²) in [6, 6.07) is 0.738. The van der Waals surface area contributed by atoms with E-state index in [0.717, 1.165) is 17.9 Å². The Morgan fingerprint density at radius 3 is 2.50 bits per heavy atom. The van der Waals surface area contributed by atoms with Crippen molar-refractivity contribution in [2.75, 3.05) is 13.1 Å². The second kappa shape index (κ2) is 6.74. The molecule has 0 spiro atoms. The second-order valence-corrected chi connectivity index (χ2v) is 7.82. The summed E-state index contributed by atoms with van der Waals surface area (Å²) in [5.74, 6) is 3.72. The molecule has 1 saturated heterocycles. The van der Waals surface area contributed by atoms with E-state index in [9.17, 15) is 0 Å². The van der Waals surface area contributed by atoms with Crippen LogP contribution in [0.5, 0.6) is 0 Å². The summed E-state index contributed by atoms with van der Waals surface area (Å²) in [5, 5.41) is 0. The minimum absolute atomic E-state index is 0.685. The number of fused-ring (bicyclic) bond motifs is 1. The molecule has 0 radical (unpaired) electrons. The zero-order valence-corrected chi connectivity index (χ0v) is 14.9. The van der Waals surface area contributed by atoms with Crippen molar-refractivity contribution in [2.45, 2.75) is 78.3 Å². The summed E-state index contributed by atoms with van der Waals surface area (Å²) >= 11 is 0. The zero-order valence-electron chi connectivity index (χ0n) is 14.9. The van der Waals surface area contributed by atoms with Crippen LogP contribution in [-0.4, -0.2) is 33.6 Å². The Morgan fingerprint density at radius 2 is 1.86 bits per heavy atom. The van der Waals surface area contributed by atoms with Crippen molar-refractivity contribution in [2.24, 2.45) is 11.8 Å². The Kier molecular flexibility index (Phi) is 4.91. The summed E-state index contributed by atoms with van der Waals surface area (Å²) in [6.07, 6.45) is 8.57. The average molecular weight is 303 g/mol. The Morgan fingerprint density at radius 1 is 1.14 bits per heavy atom. The maximum Gasteiger partial charge on any atom is 0.112 e. The average Bonchev–Trinajstić information content (AvgIpc) is 2.97. The molecule has 1 aromatic heterocycles. The van der Waals surface area contributed by atoms with Crippen molar-refractivity contribution < 1.29 is 0 Å². The summed E-state index contributed by atoms with van der Waals surface area (Å²) in [6.45, 7) is 13.1. The maximum absolute atomic E-state index is 4.85. The number of likely N-dealkylation sites (tertiary alicyclic amines) is 1. The number of piperidine rings is 1. The summed E-state index contributed by atoms with van der Waals surface area (Å²) in [4.78, 5) is 7.51. The summed E-state index contributed by atoms with van der Waals surface area (Å²) < 4.78 is 2.56. The molecule has 0 bridgehead atoms. The Balaban J connectivity index is 1.66. The highest BCUT2D eigenvalue weighted by molar-refractivity contribution is 5.13. The Bertz CT molecular complexity index is 483. The third-order valence-corrected chi connectivity index (χ3v) is 6.22. The van der Waals surface area contributed by atoms with Gasteiger partial charge in [-0.3, -0.25) is 0 Å². The van der Waals surface area contributed by atoms with Crippen LogP contribution in [0.15, 0.2) is 6.20 Å². The lowest BCUT2D eigenvalue weighted by atomic mass is 9.86. The first-order valence-electron chi connectivity index (χ1n) is 9.38. The van der Waals surface area contributed by atoms with Gasteiger partial charge in [-0.2, -0.15) is 0 Å². The van der Waals surface area contributed by atoms with E-state index in [0.29, 0.717) is 5.92 Å². The number of hydrogen-bond acceptors (Lipinski definition) is 2. The predicted octanol–water partition coefficient (Wildman–Crippen LogP) is 4.08. The fourth-order valence-electron chi connectivity index (χ4n) is 4.27. The molecule has 3 heterocycles. The van der Waals surface area contributed by atoms with Crippen LogP contribution in [0.3, 0.4) is 0 Å². The van der Waals surface area contributed by atoms with Crippen LogP contribution in [0.25, 0.3) is 0 Å². The molecule has 3 rings (SSSR count). The van der Waals surface area contributed by atoms with Crippen LogP contribution >= 0.6 is 0 Å². The minimum Gasteiger partial charge on any atom is -0.332 e. The molecule has 2 unspecified atom stereocenters. The first-order valence-corrected chi connectivity index (χ1v) is 9.38. The highest BCUT2D eigenvalue weighted by atomic mass is 15.2. The maximum atomic E-state index is 4.85. The smallest absolute Gasteiger partial charge is 0.112 e. The van der Waals surface area contributed by atoms with Gasteiger partial charge < -0.3 is 9.47 Å². The normalized spacial score (nSPS) is 25.4. The van der Waals surface area contributed by atoms with Gasteiger partial charge in [0.2, 0.25) is 0 Å². The van der Waals surface area contributed by atoms with Gasteiger partial charge in [0.1, 0.15) is 5.82 Å². The second-order valence-electron chi connectivity index (χ2n) is 7.82. The molecule has 1 aromatic rings. The highest BCUT2D eigenvalue weighted by Gasteiger charge is 2.29. The lowest BCUT2D eigenvalue weighted by Crippen LogP contribution is -2.39. The van der Waals surface area contributed by atoms with E-state index in [1.54, 1.807) is 0 Å². The van der Waals surface area contributed by atoms with E-state index >= 15 is 0 Å². The van der Waals surface area contributed by atoms with Crippen LogP contribution in [0.4, 0.5) is 0 Å². The molecule has 0 aromatic carbocycles. The van der Waals surface area contributed by atoms with Crippen molar-refractivity contribution in [3.63, 3.8) is 0 Å². The van der Waals surface area contributed by atoms with Crippen LogP contribution in [-0.2, 0) is 13.0 Å². The molecule has 22 heavy (non-hydrogen) atoms. The van der Waals surface area contributed by atoms with E-state index in [-0.39, 0.29) is 0 Å². The number of hydrogen-bond donors (Lipinski definition) is 0. The first kappa shape index (κ1) is 16.0. The highest BCUT2D eigenvalue weighted by Crippen LogP contribution is 2.33. The number of aromatic nitrogens is 2. The topological polar surface area (TPSA) is 21.1 Å². The molecule has 124 valence electrons. The van der Waals surface area contributed by atoms with Gasteiger partial charge in [0, 0.05) is 30.4 Å². The van der Waals surface area contributed by atoms with Crippen LogP contribution in [0.2, 0.25) is 0 Å². The lowest BCUT2D eigenvalue weighted by Gasteiger charge is -2.36. The SMILES string of the molecule is CCC(C)N1CCC(c2ncc3n2CCC(C(C)C)C3)CC1. The van der Waals surface area contributed by atoms with Gasteiger partial charge in [0.05, 0.1) is 0 Å². The molecule has 0 aliphatic carbocycles. The van der Waals surface area contributed by atoms with E-state index < -0.39 is 0 Å². The Hall–Kier alpha value is -0.830. The Labute approximate surface area is 136 Å². The molecular formula is C19H33N3. The molecule has 2 aliphatic heterocycles. The van der Waals surface area contributed by atoms with Crippen molar-refractivity contribution >= 4 is 0 Å². The predicted molar refractivity (Wildman–Crippen MR) is 92.2 cm³/mol. The van der Waals surface area contributed by atoms with Gasteiger partial charge in [-0.1, -0.05) is 20.8 Å². The fourth-order valence-corrected chi connectivity index (χ4v) is 4.27. The van der Waals surface area contributed by atoms with E-state index in [4.69, 9.17) is 4.98 Å². The number of imidazole rings is 1. The van der Waals surface area contributed by atoms with E-state index in [2.05, 4.69) is 43.4 Å². The number of nitrogens with zero attached hydrogens (tertiary/aromatic N) is 3. The van der Waals surface area contributed by atoms with Crippen molar-refractivity contribution in [3.8, 4) is 0 Å². The summed E-state index contributed by atoms with van der Waals surface area (Å²) in [7, 11) is 0. The third-order valence-electron chi connectivity index (χ3n) is 6.22. The minimum atomic E-state index is 0.685. The fraction of sp³-hybridized carbons (Fsp3) is 0.842. The van der Waals surface area contributed by atoms with Gasteiger partial charge in [-0.05, 0) is 64.0 Å². The van der Waals surface area contributed by atoms with Crippen molar-refractivity contribution in [1.82, 2.24) is 14.5 Å². The molecule has 0 saturated carbocycles. The van der Waals surface area contributed by atoms with Crippen LogP contribution in [0, 0.1) is 11.8 Å². The van der Waals surface area contributed by atoms with Crippen molar-refractivity contribution in [3.05, 3.63) is 17.7 Å². The molecule has 2 atom stereocenters. The zero-order chi connectivity index (χ0) is 15.7. The largest absolute Gasteiger partial charge is 0.332 e. The van der Waals surface area contributed by atoms with Gasteiger partial charge in [0.15, 0.2) is 0 Å². The standard InChI is InChI=1S/C19H33N3/c1-5-15(4)21-9-6-16(7-10-21)19-20-13-18-12-17(14(2)3)8-11-22(18)19/h13-17H,5-12H2,1-4H3. The molecule has 3 heteroatoms. The summed E-state index contributed by atoms with van der Waals surface area (Å²) in [5.41, 5.74) is 1.49. The molecule has 0 amide bonds. The third kappa shape index (κ3) is 3.10. The number of rotatable bonds is 4. The molecule has 2 aliphatic rings. The quantitative estimate of drug-likeness (QED) is 0.835. The first-order chi connectivity index (χ1) is 10.6. The van der Waals surface area contributed by atoms with Gasteiger partial charge in [-0.15, -0.1) is 0 Å². The molecular weight excluding hydrogens is 270 g/mol. The molecule has 0 N–H and O–H groups in total. The molecule has 3 nitrogen and oxygen atoms in total. The molecule has 1 fully saturated rings. The monoisotopic (exact) mass is 303 g/mol.